The number of ether oxygens (including phenoxy) is 1. The van der Waals surface area contributed by atoms with Gasteiger partial charge >= 0.3 is 0 Å². The van der Waals surface area contributed by atoms with Gasteiger partial charge in [0.2, 0.25) is 5.95 Å². The maximum Gasteiger partial charge on any atom is 0.229 e. The lowest BCUT2D eigenvalue weighted by molar-refractivity contribution is 0.361. The van der Waals surface area contributed by atoms with Crippen molar-refractivity contribution in [1.29, 1.82) is 0 Å². The van der Waals surface area contributed by atoms with Crippen LogP contribution in [-0.4, -0.2) is 32.2 Å². The van der Waals surface area contributed by atoms with Crippen molar-refractivity contribution in [2.45, 2.75) is 38.1 Å². The minimum absolute atomic E-state index is 0.216. The van der Waals surface area contributed by atoms with Crippen LogP contribution in [0.15, 0.2) is 73.2 Å². The van der Waals surface area contributed by atoms with Crippen molar-refractivity contribution >= 4 is 29.1 Å². The number of hydrogen-bond donors (Lipinski definition) is 2. The van der Waals surface area contributed by atoms with Gasteiger partial charge in [-0.2, -0.15) is 4.98 Å². The van der Waals surface area contributed by atoms with Crippen molar-refractivity contribution in [1.82, 2.24) is 19.5 Å². The van der Waals surface area contributed by atoms with Crippen molar-refractivity contribution in [2.75, 3.05) is 17.2 Å². The van der Waals surface area contributed by atoms with Gasteiger partial charge in [0.25, 0.3) is 0 Å². The summed E-state index contributed by atoms with van der Waals surface area (Å²) in [6.45, 7) is 2.63. The van der Waals surface area contributed by atoms with Crippen LogP contribution in [0, 0.1) is 0 Å². The van der Waals surface area contributed by atoms with Gasteiger partial charge in [-0.15, -0.1) is 0 Å². The largest absolute Gasteiger partial charge is 0.487 e. The van der Waals surface area contributed by atoms with E-state index in [0.29, 0.717) is 23.5 Å². The van der Waals surface area contributed by atoms with Crippen LogP contribution in [0.25, 0.3) is 5.69 Å². The van der Waals surface area contributed by atoms with Gasteiger partial charge in [-0.3, -0.25) is 0 Å². The van der Waals surface area contributed by atoms with Gasteiger partial charge in [-0.25, -0.2) is 9.97 Å². The Morgan fingerprint density at radius 2 is 1.97 bits per heavy atom. The third-order valence-electron chi connectivity index (χ3n) is 6.67. The summed E-state index contributed by atoms with van der Waals surface area (Å²) in [4.78, 5) is 14.1. The molecule has 0 saturated carbocycles. The quantitative estimate of drug-likeness (QED) is 0.317. The Hall–Kier alpha value is -3.84. The monoisotopic (exact) mass is 498 g/mol. The van der Waals surface area contributed by atoms with Gasteiger partial charge in [-0.1, -0.05) is 54.1 Å². The van der Waals surface area contributed by atoms with Gasteiger partial charge in [0, 0.05) is 35.5 Å². The second-order valence-electron chi connectivity index (χ2n) is 9.24. The maximum absolute atomic E-state index is 6.15. The number of nitrogens with zero attached hydrogens (tertiary/aromatic N) is 4. The molecule has 8 heteroatoms. The summed E-state index contributed by atoms with van der Waals surface area (Å²) in [7, 11) is 0. The summed E-state index contributed by atoms with van der Waals surface area (Å²) in [6, 6.07) is 16.8. The third kappa shape index (κ3) is 4.54. The number of nitrogens with one attached hydrogen (secondary N) is 2. The highest BCUT2D eigenvalue weighted by Crippen LogP contribution is 2.41. The van der Waals surface area contributed by atoms with E-state index in [2.05, 4.69) is 65.0 Å². The molecular weight excluding hydrogens is 472 g/mol. The zero-order valence-corrected chi connectivity index (χ0v) is 20.7. The molecule has 1 aliphatic carbocycles. The summed E-state index contributed by atoms with van der Waals surface area (Å²) in [5.41, 5.74) is 5.30. The molecule has 2 aliphatic rings. The van der Waals surface area contributed by atoms with E-state index in [0.717, 1.165) is 42.1 Å². The lowest BCUT2D eigenvalue weighted by Gasteiger charge is -2.19. The smallest absolute Gasteiger partial charge is 0.229 e. The molecule has 0 amide bonds. The SMILES string of the molecule is CC1C/C=C/COc2cc(ccc2-n2cnc(Cl)c2)Nc2nc(c3c(n2)C(c2ccccc2)CC3)N1. The fraction of sp³-hybridized carbons (Fsp3) is 0.250. The van der Waals surface area contributed by atoms with Crippen LogP contribution < -0.4 is 15.4 Å². The topological polar surface area (TPSA) is 76.9 Å². The van der Waals surface area contributed by atoms with E-state index in [-0.39, 0.29) is 12.0 Å². The Morgan fingerprint density at radius 3 is 2.81 bits per heavy atom. The van der Waals surface area contributed by atoms with Gasteiger partial charge in [0.1, 0.15) is 29.7 Å². The number of hydrogen-bond acceptors (Lipinski definition) is 6. The third-order valence-corrected chi connectivity index (χ3v) is 6.87. The van der Waals surface area contributed by atoms with Crippen molar-refractivity contribution < 1.29 is 4.74 Å². The fourth-order valence-electron chi connectivity index (χ4n) is 4.93. The van der Waals surface area contributed by atoms with E-state index in [9.17, 15) is 0 Å². The highest BCUT2D eigenvalue weighted by molar-refractivity contribution is 6.29. The van der Waals surface area contributed by atoms with Gasteiger partial charge in [0.15, 0.2) is 0 Å². The normalized spacial score (nSPS) is 19.8. The summed E-state index contributed by atoms with van der Waals surface area (Å²) >= 11 is 6.07. The van der Waals surface area contributed by atoms with E-state index < -0.39 is 0 Å². The van der Waals surface area contributed by atoms with Crippen LogP contribution in [0.2, 0.25) is 5.15 Å². The molecule has 36 heavy (non-hydrogen) atoms. The van der Waals surface area contributed by atoms with Crippen molar-refractivity contribution in [3.63, 3.8) is 0 Å². The second-order valence-corrected chi connectivity index (χ2v) is 9.62. The molecule has 182 valence electrons. The predicted molar refractivity (Wildman–Crippen MR) is 143 cm³/mol. The van der Waals surface area contributed by atoms with Crippen LogP contribution >= 0.6 is 11.6 Å². The molecule has 2 aromatic carbocycles. The van der Waals surface area contributed by atoms with E-state index in [1.165, 1.54) is 11.1 Å². The first kappa shape index (κ1) is 22.6. The molecule has 1 aliphatic heterocycles. The maximum atomic E-state index is 6.15. The number of anilines is 3. The number of benzene rings is 2. The molecule has 2 unspecified atom stereocenters. The van der Waals surface area contributed by atoms with E-state index in [1.54, 1.807) is 12.5 Å². The van der Waals surface area contributed by atoms with Crippen molar-refractivity contribution in [2.24, 2.45) is 0 Å². The zero-order chi connectivity index (χ0) is 24.5. The molecule has 0 fully saturated rings. The molecule has 2 atom stereocenters. The predicted octanol–water partition coefficient (Wildman–Crippen LogP) is 6.28. The van der Waals surface area contributed by atoms with E-state index in [4.69, 9.17) is 26.3 Å². The summed E-state index contributed by atoms with van der Waals surface area (Å²) in [5, 5.41) is 7.50. The van der Waals surface area contributed by atoms with E-state index >= 15 is 0 Å². The highest BCUT2D eigenvalue weighted by Gasteiger charge is 2.30. The molecule has 6 rings (SSSR count). The van der Waals surface area contributed by atoms with Gasteiger partial charge < -0.3 is 19.9 Å². The number of imidazole rings is 1. The fourth-order valence-corrected chi connectivity index (χ4v) is 5.07. The van der Waals surface area contributed by atoms with Crippen LogP contribution in [0.3, 0.4) is 0 Å². The van der Waals surface area contributed by atoms with Crippen LogP contribution in [-0.2, 0) is 6.42 Å². The van der Waals surface area contributed by atoms with E-state index in [1.807, 2.05) is 22.8 Å². The summed E-state index contributed by atoms with van der Waals surface area (Å²) < 4.78 is 8.00. The molecule has 4 bridgehead atoms. The standard InChI is InChI=1S/C28H27ClN6O/c1-18-7-5-6-14-36-24-15-20(10-13-23(24)35-16-25(29)30-17-35)32-28-33-26-21(19-8-3-2-4-9-19)11-12-22(26)27(31-18)34-28/h2-6,8-10,13,15-18,21H,7,11-12,14H2,1H3,(H2,31,32,33,34)/b6-5+. The first-order chi connectivity index (χ1) is 17.6. The number of halogens is 1. The Balaban J connectivity index is 1.42. The molecule has 4 aromatic rings. The average molecular weight is 499 g/mol. The second kappa shape index (κ2) is 9.66. The minimum Gasteiger partial charge on any atom is -0.487 e. The van der Waals surface area contributed by atoms with Crippen LogP contribution in [0.4, 0.5) is 17.5 Å². The Labute approximate surface area is 215 Å². The van der Waals surface area contributed by atoms with Crippen LogP contribution in [0.5, 0.6) is 5.75 Å². The first-order valence-corrected chi connectivity index (χ1v) is 12.6. The summed E-state index contributed by atoms with van der Waals surface area (Å²) in [5.74, 6) is 2.46. The Kier molecular flexibility index (Phi) is 6.07. The van der Waals surface area contributed by atoms with Gasteiger partial charge in [0.05, 0.1) is 11.4 Å². The lowest BCUT2D eigenvalue weighted by atomic mass is 9.97. The Bertz CT molecular complexity index is 1420. The molecule has 0 spiro atoms. The number of aromatic nitrogens is 4. The average Bonchev–Trinajstić information content (AvgIpc) is 3.50. The lowest BCUT2D eigenvalue weighted by Crippen LogP contribution is -2.18. The zero-order valence-electron chi connectivity index (χ0n) is 20.0. The molecular formula is C28H27ClN6O. The minimum atomic E-state index is 0.216. The first-order valence-electron chi connectivity index (χ1n) is 12.2. The van der Waals surface area contributed by atoms with Crippen molar-refractivity contribution in [3.05, 3.63) is 95.2 Å². The molecule has 3 heterocycles. The van der Waals surface area contributed by atoms with Crippen LogP contribution in [0.1, 0.15) is 42.5 Å². The highest BCUT2D eigenvalue weighted by atomic mass is 35.5. The number of fused-ring (bicyclic) bond motifs is 6. The molecule has 2 N–H and O–H groups in total. The Morgan fingerprint density at radius 1 is 1.08 bits per heavy atom. The molecule has 0 radical (unpaired) electrons. The summed E-state index contributed by atoms with van der Waals surface area (Å²) in [6.07, 6.45) is 10.5. The molecule has 2 aromatic heterocycles. The van der Waals surface area contributed by atoms with Gasteiger partial charge in [-0.05, 0) is 43.9 Å². The molecule has 7 nitrogen and oxygen atoms in total. The van der Waals surface area contributed by atoms with Crippen molar-refractivity contribution in [3.8, 4) is 11.4 Å². The number of rotatable bonds is 2. The molecule has 0 saturated heterocycles.